The summed E-state index contributed by atoms with van der Waals surface area (Å²) in [6.45, 7) is 4.00. The van der Waals surface area contributed by atoms with Gasteiger partial charge in [-0.3, -0.25) is 9.59 Å². The van der Waals surface area contributed by atoms with Gasteiger partial charge >= 0.3 is 0 Å². The Labute approximate surface area is 154 Å². The molecule has 0 aromatic heterocycles. The van der Waals surface area contributed by atoms with E-state index in [4.69, 9.17) is 0 Å². The van der Waals surface area contributed by atoms with Crippen LogP contribution in [0.15, 0.2) is 78.9 Å². The average molecular weight is 342 g/mol. The van der Waals surface area contributed by atoms with E-state index < -0.39 is 5.92 Å². The van der Waals surface area contributed by atoms with E-state index in [9.17, 15) is 9.59 Å². The van der Waals surface area contributed by atoms with Crippen LogP contribution in [0.4, 0.5) is 0 Å². The normalized spacial score (nSPS) is 11.8. The molecule has 3 rings (SSSR count). The lowest BCUT2D eigenvalue weighted by Gasteiger charge is -2.16. The van der Waals surface area contributed by atoms with Gasteiger partial charge in [0.05, 0.1) is 5.92 Å². The largest absolute Gasteiger partial charge is 0.294 e. The summed E-state index contributed by atoms with van der Waals surface area (Å²) in [6, 6.07) is 24.6. The first-order valence-electron chi connectivity index (χ1n) is 8.80. The third-order valence-electron chi connectivity index (χ3n) is 4.62. The molecule has 0 radical (unpaired) electrons. The van der Waals surface area contributed by atoms with E-state index in [1.807, 2.05) is 80.6 Å². The summed E-state index contributed by atoms with van der Waals surface area (Å²) < 4.78 is 0. The highest BCUT2D eigenvalue weighted by molar-refractivity contribution is 6.06. The van der Waals surface area contributed by atoms with Crippen molar-refractivity contribution in [2.45, 2.75) is 26.2 Å². The number of benzene rings is 3. The molecule has 130 valence electrons. The minimum absolute atomic E-state index is 0.0156. The fourth-order valence-corrected chi connectivity index (χ4v) is 3.01. The highest BCUT2D eigenvalue weighted by atomic mass is 16.1. The first-order valence-corrected chi connectivity index (χ1v) is 8.80. The first-order chi connectivity index (χ1) is 12.5. The zero-order valence-corrected chi connectivity index (χ0v) is 15.1. The lowest BCUT2D eigenvalue weighted by molar-refractivity contribution is 0.0893. The molecular formula is C24H22O2. The molecule has 0 aliphatic rings. The number of ketones is 2. The lowest BCUT2D eigenvalue weighted by Crippen LogP contribution is -2.17. The Bertz CT molecular complexity index is 891. The minimum Gasteiger partial charge on any atom is -0.294 e. The van der Waals surface area contributed by atoms with Crippen LogP contribution in [-0.4, -0.2) is 11.6 Å². The smallest absolute Gasteiger partial charge is 0.170 e. The van der Waals surface area contributed by atoms with Gasteiger partial charge in [-0.05, 0) is 19.4 Å². The molecule has 0 N–H and O–H groups in total. The van der Waals surface area contributed by atoms with Crippen molar-refractivity contribution in [2.24, 2.45) is 0 Å². The molecule has 0 aliphatic heterocycles. The van der Waals surface area contributed by atoms with E-state index in [2.05, 4.69) is 0 Å². The van der Waals surface area contributed by atoms with Crippen LogP contribution >= 0.6 is 0 Å². The predicted octanol–water partition coefficient (Wildman–Crippen LogP) is 5.54. The number of hydrogen-bond donors (Lipinski definition) is 0. The van der Waals surface area contributed by atoms with Crippen LogP contribution in [0.5, 0.6) is 0 Å². The number of aryl methyl sites for hydroxylation is 2. The van der Waals surface area contributed by atoms with Crippen LogP contribution < -0.4 is 0 Å². The van der Waals surface area contributed by atoms with Gasteiger partial charge < -0.3 is 0 Å². The molecule has 0 aliphatic carbocycles. The molecule has 0 saturated heterocycles. The van der Waals surface area contributed by atoms with Crippen molar-refractivity contribution >= 4 is 11.6 Å². The van der Waals surface area contributed by atoms with Gasteiger partial charge in [-0.25, -0.2) is 0 Å². The highest BCUT2D eigenvalue weighted by Crippen LogP contribution is 2.27. The Kier molecular flexibility index (Phi) is 5.43. The van der Waals surface area contributed by atoms with Gasteiger partial charge in [-0.1, -0.05) is 90.0 Å². The molecule has 1 unspecified atom stereocenters. The Morgan fingerprint density at radius 2 is 1.23 bits per heavy atom. The summed E-state index contributed by atoms with van der Waals surface area (Å²) in [5, 5.41) is 0. The lowest BCUT2D eigenvalue weighted by atomic mass is 9.85. The molecule has 1 atom stereocenters. The number of carbonyl (C=O) groups is 2. The maximum Gasteiger partial charge on any atom is 0.170 e. The van der Waals surface area contributed by atoms with E-state index in [0.717, 1.165) is 16.7 Å². The summed E-state index contributed by atoms with van der Waals surface area (Å²) in [6.07, 6.45) is 0.166. The molecule has 2 heteroatoms. The molecule has 0 spiro atoms. The van der Waals surface area contributed by atoms with Crippen LogP contribution in [0.2, 0.25) is 0 Å². The Morgan fingerprint density at radius 1 is 0.692 bits per heavy atom. The maximum absolute atomic E-state index is 13.2. The van der Waals surface area contributed by atoms with Crippen molar-refractivity contribution in [3.63, 3.8) is 0 Å². The second kappa shape index (κ2) is 7.92. The Morgan fingerprint density at radius 3 is 1.81 bits per heavy atom. The third kappa shape index (κ3) is 4.15. The number of carbonyl (C=O) groups excluding carboxylic acids is 2. The molecule has 2 nitrogen and oxygen atoms in total. The second-order valence-corrected chi connectivity index (χ2v) is 6.69. The van der Waals surface area contributed by atoms with Gasteiger partial charge in [-0.2, -0.15) is 0 Å². The van der Waals surface area contributed by atoms with Crippen LogP contribution in [0.3, 0.4) is 0 Å². The van der Waals surface area contributed by atoms with E-state index in [1.54, 1.807) is 12.1 Å². The summed E-state index contributed by atoms with van der Waals surface area (Å²) in [4.78, 5) is 25.9. The molecular weight excluding hydrogens is 320 g/mol. The predicted molar refractivity (Wildman–Crippen MR) is 105 cm³/mol. The molecule has 0 saturated carbocycles. The first kappa shape index (κ1) is 17.8. The van der Waals surface area contributed by atoms with E-state index in [1.165, 1.54) is 0 Å². The van der Waals surface area contributed by atoms with E-state index in [0.29, 0.717) is 11.1 Å². The van der Waals surface area contributed by atoms with Crippen molar-refractivity contribution in [2.75, 3.05) is 0 Å². The topological polar surface area (TPSA) is 34.1 Å². The third-order valence-corrected chi connectivity index (χ3v) is 4.62. The molecule has 0 bridgehead atoms. The van der Waals surface area contributed by atoms with Crippen molar-refractivity contribution in [1.82, 2.24) is 0 Å². The zero-order chi connectivity index (χ0) is 18.5. The zero-order valence-electron chi connectivity index (χ0n) is 15.1. The molecule has 3 aromatic rings. The quantitative estimate of drug-likeness (QED) is 0.551. The van der Waals surface area contributed by atoms with Crippen molar-refractivity contribution in [1.29, 1.82) is 0 Å². The number of rotatable bonds is 6. The van der Waals surface area contributed by atoms with E-state index in [-0.39, 0.29) is 18.0 Å². The Hall–Kier alpha value is -3.00. The van der Waals surface area contributed by atoms with E-state index >= 15 is 0 Å². The van der Waals surface area contributed by atoms with Crippen molar-refractivity contribution in [3.8, 4) is 0 Å². The van der Waals surface area contributed by atoms with Crippen LogP contribution in [-0.2, 0) is 0 Å². The fourth-order valence-electron chi connectivity index (χ4n) is 3.01. The van der Waals surface area contributed by atoms with Crippen molar-refractivity contribution in [3.05, 3.63) is 107 Å². The average Bonchev–Trinajstić information content (AvgIpc) is 2.67. The summed E-state index contributed by atoms with van der Waals surface area (Å²) in [7, 11) is 0. The Balaban J connectivity index is 1.93. The van der Waals surface area contributed by atoms with Crippen molar-refractivity contribution < 1.29 is 9.59 Å². The van der Waals surface area contributed by atoms with Gasteiger partial charge in [-0.15, -0.1) is 0 Å². The molecule has 3 aromatic carbocycles. The second-order valence-electron chi connectivity index (χ2n) is 6.69. The van der Waals surface area contributed by atoms with Gasteiger partial charge in [0.25, 0.3) is 0 Å². The summed E-state index contributed by atoms with van der Waals surface area (Å²) in [5.74, 6) is -0.513. The molecule has 0 amide bonds. The van der Waals surface area contributed by atoms with Crippen LogP contribution in [0.25, 0.3) is 0 Å². The summed E-state index contributed by atoms with van der Waals surface area (Å²) >= 11 is 0. The van der Waals surface area contributed by atoms with Gasteiger partial charge in [0, 0.05) is 17.5 Å². The molecule has 26 heavy (non-hydrogen) atoms. The van der Waals surface area contributed by atoms with Gasteiger partial charge in [0.15, 0.2) is 11.6 Å². The number of hydrogen-bond acceptors (Lipinski definition) is 2. The van der Waals surface area contributed by atoms with Gasteiger partial charge in [0.1, 0.15) is 0 Å². The standard InChI is InChI=1S/C24H22O2/c1-17-8-12-19(13-9-17)22(16-23(25)20-6-4-3-5-7-20)24(26)21-14-10-18(2)11-15-21/h3-15,22H,16H2,1-2H3. The highest BCUT2D eigenvalue weighted by Gasteiger charge is 2.25. The maximum atomic E-state index is 13.2. The molecule has 0 heterocycles. The number of Topliss-reactive ketones (excluding diaryl/α,β-unsaturated/α-hetero) is 2. The monoisotopic (exact) mass is 342 g/mol. The van der Waals surface area contributed by atoms with Gasteiger partial charge in [0.2, 0.25) is 0 Å². The summed E-state index contributed by atoms with van der Waals surface area (Å²) in [5.41, 5.74) is 4.40. The SMILES string of the molecule is Cc1ccc(C(=O)C(CC(=O)c2ccccc2)c2ccc(C)cc2)cc1. The minimum atomic E-state index is -0.481. The van der Waals surface area contributed by atoms with Crippen LogP contribution in [0, 0.1) is 13.8 Å². The molecule has 0 fully saturated rings. The van der Waals surface area contributed by atoms with Crippen LogP contribution in [0.1, 0.15) is 49.7 Å². The fraction of sp³-hybridized carbons (Fsp3) is 0.167.